The van der Waals surface area contributed by atoms with Crippen molar-refractivity contribution in [1.29, 1.82) is 0 Å². The van der Waals surface area contributed by atoms with Crippen molar-refractivity contribution in [1.82, 2.24) is 0 Å². The van der Waals surface area contributed by atoms with Gasteiger partial charge in [-0.3, -0.25) is 0 Å². The summed E-state index contributed by atoms with van der Waals surface area (Å²) in [7, 11) is 0. The Morgan fingerprint density at radius 1 is 0.708 bits per heavy atom. The fourth-order valence-electron chi connectivity index (χ4n) is 2.53. The van der Waals surface area contributed by atoms with Crippen molar-refractivity contribution in [2.75, 3.05) is 0 Å². The lowest BCUT2D eigenvalue weighted by atomic mass is 10.1. The van der Waals surface area contributed by atoms with Gasteiger partial charge in [0.2, 0.25) is 0 Å². The minimum absolute atomic E-state index is 0.496. The molecule has 0 saturated carbocycles. The van der Waals surface area contributed by atoms with Gasteiger partial charge in [-0.2, -0.15) is 0 Å². The molecule has 3 nitrogen and oxygen atoms in total. The molecule has 0 N–H and O–H groups in total. The van der Waals surface area contributed by atoms with Crippen LogP contribution >= 0.6 is 0 Å². The summed E-state index contributed by atoms with van der Waals surface area (Å²) < 4.78 is 10.4. The van der Waals surface area contributed by atoms with E-state index < -0.39 is 6.16 Å². The highest BCUT2D eigenvalue weighted by Crippen LogP contribution is 2.17. The quantitative estimate of drug-likeness (QED) is 0.341. The van der Waals surface area contributed by atoms with Crippen molar-refractivity contribution in [3.8, 4) is 11.5 Å². The molecule has 0 aliphatic carbocycles. The topological polar surface area (TPSA) is 35.5 Å². The van der Waals surface area contributed by atoms with Crippen LogP contribution < -0.4 is 9.47 Å². The summed E-state index contributed by atoms with van der Waals surface area (Å²) in [6, 6.07) is 15.1. The summed E-state index contributed by atoms with van der Waals surface area (Å²) >= 11 is 0. The van der Waals surface area contributed by atoms with Crippen molar-refractivity contribution in [2.45, 2.75) is 52.4 Å². The summed E-state index contributed by atoms with van der Waals surface area (Å²) in [4.78, 5) is 11.8. The second-order valence-corrected chi connectivity index (χ2v) is 5.95. The van der Waals surface area contributed by atoms with Gasteiger partial charge in [0, 0.05) is 0 Å². The molecule has 2 aromatic carbocycles. The van der Waals surface area contributed by atoms with Crippen LogP contribution in [0.5, 0.6) is 11.5 Å². The SMILES string of the molecule is CCCCCc1ccc(OC(=O)Oc2ccc(CCC)cc2)cc1. The maximum Gasteiger partial charge on any atom is 0.519 e. The van der Waals surface area contributed by atoms with E-state index in [1.165, 1.54) is 30.4 Å². The third kappa shape index (κ3) is 6.07. The van der Waals surface area contributed by atoms with Gasteiger partial charge in [0.05, 0.1) is 0 Å². The molecule has 0 aliphatic rings. The first-order valence-corrected chi connectivity index (χ1v) is 8.78. The van der Waals surface area contributed by atoms with Crippen molar-refractivity contribution >= 4 is 6.16 Å². The second kappa shape index (κ2) is 9.76. The van der Waals surface area contributed by atoms with E-state index in [4.69, 9.17) is 9.47 Å². The van der Waals surface area contributed by atoms with E-state index in [1.54, 1.807) is 12.1 Å². The summed E-state index contributed by atoms with van der Waals surface area (Å²) in [5.74, 6) is 0.998. The van der Waals surface area contributed by atoms with Gasteiger partial charge in [0.25, 0.3) is 0 Å². The molecule has 0 atom stereocenters. The Kier molecular flexibility index (Phi) is 7.34. The fourth-order valence-corrected chi connectivity index (χ4v) is 2.53. The number of benzene rings is 2. The number of ether oxygens (including phenoxy) is 2. The van der Waals surface area contributed by atoms with Crippen LogP contribution in [0.4, 0.5) is 4.79 Å². The predicted octanol–water partition coefficient (Wildman–Crippen LogP) is 5.95. The van der Waals surface area contributed by atoms with Crippen LogP contribution in [0, 0.1) is 0 Å². The van der Waals surface area contributed by atoms with Gasteiger partial charge in [-0.05, 0) is 54.7 Å². The summed E-state index contributed by atoms with van der Waals surface area (Å²) in [5, 5.41) is 0. The smallest absolute Gasteiger partial charge is 0.395 e. The largest absolute Gasteiger partial charge is 0.519 e. The van der Waals surface area contributed by atoms with Crippen LogP contribution in [0.2, 0.25) is 0 Å². The molecule has 0 heterocycles. The van der Waals surface area contributed by atoms with Crippen molar-refractivity contribution in [3.63, 3.8) is 0 Å². The highest BCUT2D eigenvalue weighted by molar-refractivity contribution is 5.67. The zero-order valence-corrected chi connectivity index (χ0v) is 14.6. The van der Waals surface area contributed by atoms with Gasteiger partial charge >= 0.3 is 6.16 Å². The van der Waals surface area contributed by atoms with Crippen molar-refractivity contribution < 1.29 is 14.3 Å². The summed E-state index contributed by atoms with van der Waals surface area (Å²) in [5.41, 5.74) is 2.49. The first-order valence-electron chi connectivity index (χ1n) is 8.78. The van der Waals surface area contributed by atoms with E-state index >= 15 is 0 Å². The molecule has 0 radical (unpaired) electrons. The maximum absolute atomic E-state index is 11.8. The lowest BCUT2D eigenvalue weighted by Gasteiger charge is -2.07. The third-order valence-corrected chi connectivity index (χ3v) is 3.86. The number of hydrogen-bond donors (Lipinski definition) is 0. The highest BCUT2D eigenvalue weighted by atomic mass is 16.7. The summed E-state index contributed by atoms with van der Waals surface area (Å²) in [6.45, 7) is 4.33. The zero-order chi connectivity index (χ0) is 17.2. The predicted molar refractivity (Wildman–Crippen MR) is 96.8 cm³/mol. The average Bonchev–Trinajstić information content (AvgIpc) is 2.59. The Balaban J connectivity index is 1.83. The van der Waals surface area contributed by atoms with Crippen LogP contribution in [-0.2, 0) is 12.8 Å². The molecule has 0 amide bonds. The molecular weight excluding hydrogens is 300 g/mol. The number of carbonyl (C=O) groups excluding carboxylic acids is 1. The van der Waals surface area contributed by atoms with Gasteiger partial charge in [0.1, 0.15) is 11.5 Å². The third-order valence-electron chi connectivity index (χ3n) is 3.86. The minimum atomic E-state index is -0.711. The maximum atomic E-state index is 11.8. The Morgan fingerprint density at radius 3 is 1.67 bits per heavy atom. The van der Waals surface area contributed by atoms with Crippen LogP contribution in [0.1, 0.15) is 50.7 Å². The zero-order valence-electron chi connectivity index (χ0n) is 14.6. The molecule has 3 heteroatoms. The Labute approximate surface area is 144 Å². The number of unbranched alkanes of at least 4 members (excludes halogenated alkanes) is 2. The van der Waals surface area contributed by atoms with Crippen molar-refractivity contribution in [2.24, 2.45) is 0 Å². The van der Waals surface area contributed by atoms with Gasteiger partial charge < -0.3 is 9.47 Å². The van der Waals surface area contributed by atoms with E-state index in [1.807, 2.05) is 36.4 Å². The number of rotatable bonds is 8. The van der Waals surface area contributed by atoms with E-state index in [9.17, 15) is 4.79 Å². The Bertz CT molecular complexity index is 615. The Hall–Kier alpha value is -2.29. The minimum Gasteiger partial charge on any atom is -0.395 e. The molecule has 2 aromatic rings. The first-order chi connectivity index (χ1) is 11.7. The Morgan fingerprint density at radius 2 is 1.21 bits per heavy atom. The van der Waals surface area contributed by atoms with E-state index in [-0.39, 0.29) is 0 Å². The number of hydrogen-bond acceptors (Lipinski definition) is 3. The number of aryl methyl sites for hydroxylation is 2. The van der Waals surface area contributed by atoms with Crippen LogP contribution in [-0.4, -0.2) is 6.16 Å². The monoisotopic (exact) mass is 326 g/mol. The van der Waals surface area contributed by atoms with Gasteiger partial charge in [-0.25, -0.2) is 4.79 Å². The fraction of sp³-hybridized carbons (Fsp3) is 0.381. The molecule has 24 heavy (non-hydrogen) atoms. The molecule has 0 bridgehead atoms. The standard InChI is InChI=1S/C21H26O3/c1-3-5-6-8-18-11-15-20(16-12-18)24-21(22)23-19-13-9-17(7-4-2)10-14-19/h9-16H,3-8H2,1-2H3. The van der Waals surface area contributed by atoms with Crippen molar-refractivity contribution in [3.05, 3.63) is 59.7 Å². The van der Waals surface area contributed by atoms with Crippen LogP contribution in [0.3, 0.4) is 0 Å². The van der Waals surface area contributed by atoms with Gasteiger partial charge in [-0.15, -0.1) is 0 Å². The number of carbonyl (C=O) groups is 1. The average molecular weight is 326 g/mol. The van der Waals surface area contributed by atoms with E-state index in [2.05, 4.69) is 13.8 Å². The normalized spacial score (nSPS) is 10.4. The molecule has 0 aliphatic heterocycles. The molecule has 0 fully saturated rings. The van der Waals surface area contributed by atoms with E-state index in [0.29, 0.717) is 11.5 Å². The molecule has 0 unspecified atom stereocenters. The molecule has 0 aromatic heterocycles. The first kappa shape index (κ1) is 18.1. The molecule has 128 valence electrons. The molecular formula is C21H26O3. The van der Waals surface area contributed by atoms with Gasteiger partial charge in [-0.1, -0.05) is 57.4 Å². The summed E-state index contributed by atoms with van der Waals surface area (Å²) in [6.07, 6.45) is 6.10. The lowest BCUT2D eigenvalue weighted by Crippen LogP contribution is -2.13. The van der Waals surface area contributed by atoms with Crippen LogP contribution in [0.15, 0.2) is 48.5 Å². The molecule has 2 rings (SSSR count). The molecule has 0 spiro atoms. The van der Waals surface area contributed by atoms with Crippen LogP contribution in [0.25, 0.3) is 0 Å². The van der Waals surface area contributed by atoms with Gasteiger partial charge in [0.15, 0.2) is 0 Å². The highest BCUT2D eigenvalue weighted by Gasteiger charge is 2.08. The lowest BCUT2D eigenvalue weighted by molar-refractivity contribution is 0.152. The van der Waals surface area contributed by atoms with E-state index in [0.717, 1.165) is 19.3 Å². The second-order valence-electron chi connectivity index (χ2n) is 5.95. The molecule has 0 saturated heterocycles.